The molecule has 0 aromatic heterocycles. The van der Waals surface area contributed by atoms with Crippen molar-refractivity contribution in [3.8, 4) is 0 Å². The van der Waals surface area contributed by atoms with Gasteiger partial charge in [0.2, 0.25) is 0 Å². The van der Waals surface area contributed by atoms with E-state index in [1.54, 1.807) is 0 Å². The van der Waals surface area contributed by atoms with Crippen molar-refractivity contribution in [1.82, 2.24) is 0 Å². The average molecular weight is 163 g/mol. The van der Waals surface area contributed by atoms with Gasteiger partial charge < -0.3 is 10.8 Å². The lowest BCUT2D eigenvalue weighted by Gasteiger charge is -1.94. The first kappa shape index (κ1) is 8.81. The van der Waals surface area contributed by atoms with Crippen molar-refractivity contribution in [2.75, 3.05) is 12.3 Å². The quantitative estimate of drug-likeness (QED) is 0.666. The average Bonchev–Trinajstić information content (AvgIpc) is 2.05. The van der Waals surface area contributed by atoms with Gasteiger partial charge in [0, 0.05) is 12.3 Å². The minimum Gasteiger partial charge on any atom is -0.399 e. The molecule has 0 radical (unpaired) electrons. The van der Waals surface area contributed by atoms with Crippen LogP contribution >= 0.6 is 0 Å². The Morgan fingerprint density at radius 1 is 1.42 bits per heavy atom. The molecule has 0 saturated carbocycles. The van der Waals surface area contributed by atoms with E-state index in [0.717, 1.165) is 11.3 Å². The topological polar surface area (TPSA) is 46.2 Å². The summed E-state index contributed by atoms with van der Waals surface area (Å²) in [6, 6.07) is 7.63. The third-order valence-electron chi connectivity index (χ3n) is 1.52. The SMILES string of the molecule is Nc1cccc(/C=C/CCO)c1. The van der Waals surface area contributed by atoms with Gasteiger partial charge >= 0.3 is 0 Å². The molecule has 0 atom stereocenters. The third-order valence-corrected chi connectivity index (χ3v) is 1.52. The fraction of sp³-hybridized carbons (Fsp3) is 0.200. The van der Waals surface area contributed by atoms with Gasteiger partial charge in [-0.15, -0.1) is 0 Å². The highest BCUT2D eigenvalue weighted by Gasteiger charge is 1.86. The fourth-order valence-electron chi connectivity index (χ4n) is 0.957. The molecular weight excluding hydrogens is 150 g/mol. The van der Waals surface area contributed by atoms with Crippen LogP contribution in [0.25, 0.3) is 6.08 Å². The van der Waals surface area contributed by atoms with E-state index in [1.165, 1.54) is 0 Å². The largest absolute Gasteiger partial charge is 0.399 e. The Balaban J connectivity index is 2.63. The Morgan fingerprint density at radius 3 is 2.92 bits per heavy atom. The molecule has 0 unspecified atom stereocenters. The zero-order chi connectivity index (χ0) is 8.81. The molecule has 1 aromatic rings. The molecule has 2 nitrogen and oxygen atoms in total. The van der Waals surface area contributed by atoms with Crippen LogP contribution in [0.2, 0.25) is 0 Å². The number of rotatable bonds is 3. The van der Waals surface area contributed by atoms with E-state index in [0.29, 0.717) is 6.42 Å². The Kier molecular flexibility index (Phi) is 3.35. The van der Waals surface area contributed by atoms with Crippen LogP contribution in [0.5, 0.6) is 0 Å². The van der Waals surface area contributed by atoms with Crippen molar-refractivity contribution >= 4 is 11.8 Å². The van der Waals surface area contributed by atoms with E-state index in [-0.39, 0.29) is 6.61 Å². The molecule has 64 valence electrons. The monoisotopic (exact) mass is 163 g/mol. The van der Waals surface area contributed by atoms with Gasteiger partial charge in [-0.05, 0) is 24.1 Å². The molecule has 0 aliphatic carbocycles. The van der Waals surface area contributed by atoms with E-state index in [1.807, 2.05) is 36.4 Å². The van der Waals surface area contributed by atoms with Gasteiger partial charge in [0.15, 0.2) is 0 Å². The summed E-state index contributed by atoms with van der Waals surface area (Å²) in [5.74, 6) is 0. The second-order valence-electron chi connectivity index (χ2n) is 2.58. The van der Waals surface area contributed by atoms with Gasteiger partial charge in [0.05, 0.1) is 0 Å². The van der Waals surface area contributed by atoms with Crippen molar-refractivity contribution in [3.63, 3.8) is 0 Å². The van der Waals surface area contributed by atoms with Crippen molar-refractivity contribution < 1.29 is 5.11 Å². The highest BCUT2D eigenvalue weighted by atomic mass is 16.2. The summed E-state index contributed by atoms with van der Waals surface area (Å²) in [6.07, 6.45) is 4.57. The van der Waals surface area contributed by atoms with Crippen LogP contribution in [0.1, 0.15) is 12.0 Å². The molecule has 0 heterocycles. The Bertz CT molecular complexity index is 268. The summed E-state index contributed by atoms with van der Waals surface area (Å²) in [4.78, 5) is 0. The molecule has 0 saturated heterocycles. The molecule has 0 aliphatic heterocycles. The predicted molar refractivity (Wildman–Crippen MR) is 51.6 cm³/mol. The van der Waals surface area contributed by atoms with Gasteiger partial charge in [-0.3, -0.25) is 0 Å². The Labute approximate surface area is 72.3 Å². The van der Waals surface area contributed by atoms with E-state index < -0.39 is 0 Å². The highest BCUT2D eigenvalue weighted by Crippen LogP contribution is 2.08. The molecule has 0 fully saturated rings. The van der Waals surface area contributed by atoms with Gasteiger partial charge in [-0.1, -0.05) is 24.3 Å². The van der Waals surface area contributed by atoms with Crippen LogP contribution < -0.4 is 5.73 Å². The summed E-state index contributed by atoms with van der Waals surface area (Å²) in [5, 5.41) is 8.52. The molecule has 1 aromatic carbocycles. The number of nitrogens with two attached hydrogens (primary N) is 1. The van der Waals surface area contributed by atoms with Crippen molar-refractivity contribution in [2.24, 2.45) is 0 Å². The number of benzene rings is 1. The number of hydrogen-bond acceptors (Lipinski definition) is 2. The smallest absolute Gasteiger partial charge is 0.0465 e. The van der Waals surface area contributed by atoms with Gasteiger partial charge in [0.1, 0.15) is 0 Å². The second kappa shape index (κ2) is 4.57. The maximum atomic E-state index is 8.52. The fourth-order valence-corrected chi connectivity index (χ4v) is 0.957. The van der Waals surface area contributed by atoms with E-state index >= 15 is 0 Å². The number of hydrogen-bond donors (Lipinski definition) is 2. The molecular formula is C10H13NO. The summed E-state index contributed by atoms with van der Waals surface area (Å²) in [5.41, 5.74) is 7.42. The lowest BCUT2D eigenvalue weighted by Crippen LogP contribution is -1.83. The zero-order valence-corrected chi connectivity index (χ0v) is 6.90. The van der Waals surface area contributed by atoms with Crippen LogP contribution in [0, 0.1) is 0 Å². The third kappa shape index (κ3) is 2.76. The first-order valence-electron chi connectivity index (χ1n) is 3.96. The first-order chi connectivity index (χ1) is 5.83. The number of aliphatic hydroxyl groups is 1. The molecule has 0 aliphatic rings. The van der Waals surface area contributed by atoms with Crippen molar-refractivity contribution in [2.45, 2.75) is 6.42 Å². The molecule has 0 spiro atoms. The highest BCUT2D eigenvalue weighted by molar-refractivity contribution is 5.55. The van der Waals surface area contributed by atoms with Gasteiger partial charge in [-0.2, -0.15) is 0 Å². The predicted octanol–water partition coefficient (Wildman–Crippen LogP) is 1.66. The Hall–Kier alpha value is -1.28. The first-order valence-corrected chi connectivity index (χ1v) is 3.96. The number of nitrogen functional groups attached to an aromatic ring is 1. The van der Waals surface area contributed by atoms with Crippen LogP contribution in [0.3, 0.4) is 0 Å². The van der Waals surface area contributed by atoms with E-state index in [9.17, 15) is 0 Å². The van der Waals surface area contributed by atoms with Gasteiger partial charge in [0.25, 0.3) is 0 Å². The minimum atomic E-state index is 0.193. The van der Waals surface area contributed by atoms with Crippen molar-refractivity contribution in [3.05, 3.63) is 35.9 Å². The normalized spacial score (nSPS) is 10.8. The minimum absolute atomic E-state index is 0.193. The van der Waals surface area contributed by atoms with E-state index in [2.05, 4.69) is 0 Å². The molecule has 2 heteroatoms. The molecule has 0 bridgehead atoms. The Morgan fingerprint density at radius 2 is 2.25 bits per heavy atom. The number of anilines is 1. The second-order valence-corrected chi connectivity index (χ2v) is 2.58. The van der Waals surface area contributed by atoms with Crippen LogP contribution in [-0.4, -0.2) is 11.7 Å². The van der Waals surface area contributed by atoms with Crippen LogP contribution in [-0.2, 0) is 0 Å². The lowest BCUT2D eigenvalue weighted by atomic mass is 10.2. The standard InChI is InChI=1S/C10H13NO/c11-10-6-3-5-9(8-10)4-1-2-7-12/h1,3-6,8,12H,2,7,11H2/b4-1+. The summed E-state index contributed by atoms with van der Waals surface area (Å²) < 4.78 is 0. The summed E-state index contributed by atoms with van der Waals surface area (Å²) >= 11 is 0. The summed E-state index contributed by atoms with van der Waals surface area (Å²) in [6.45, 7) is 0.193. The van der Waals surface area contributed by atoms with Crippen LogP contribution in [0.15, 0.2) is 30.3 Å². The molecule has 3 N–H and O–H groups in total. The number of aliphatic hydroxyl groups excluding tert-OH is 1. The maximum absolute atomic E-state index is 8.52. The zero-order valence-electron chi connectivity index (χ0n) is 6.90. The maximum Gasteiger partial charge on any atom is 0.0465 e. The molecule has 1 rings (SSSR count). The van der Waals surface area contributed by atoms with Crippen molar-refractivity contribution in [1.29, 1.82) is 0 Å². The summed E-state index contributed by atoms with van der Waals surface area (Å²) in [7, 11) is 0. The lowest BCUT2D eigenvalue weighted by molar-refractivity contribution is 0.303. The van der Waals surface area contributed by atoms with E-state index in [4.69, 9.17) is 10.8 Å². The van der Waals surface area contributed by atoms with Gasteiger partial charge in [-0.25, -0.2) is 0 Å². The van der Waals surface area contributed by atoms with Crippen LogP contribution in [0.4, 0.5) is 5.69 Å². The molecule has 0 amide bonds. The molecule has 12 heavy (non-hydrogen) atoms.